The number of esters is 1. The number of fused-ring (bicyclic) bond motifs is 5. The number of aliphatic hydroxyl groups excluding tert-OH is 1. The molecule has 0 aromatic rings. The number of aliphatic hydroxyl groups is 1. The van der Waals surface area contributed by atoms with Crippen molar-refractivity contribution in [1.29, 1.82) is 0 Å². The molecular formula is C40H65NO5. The van der Waals surface area contributed by atoms with Gasteiger partial charge in [0.1, 0.15) is 6.10 Å². The highest BCUT2D eigenvalue weighted by Gasteiger charge is 2.59. The fourth-order valence-electron chi connectivity index (χ4n) is 11.2. The van der Waals surface area contributed by atoms with E-state index in [0.29, 0.717) is 24.8 Å². The van der Waals surface area contributed by atoms with Crippen LogP contribution in [0.1, 0.15) is 144 Å². The molecule has 1 aliphatic heterocycles. The van der Waals surface area contributed by atoms with Crippen LogP contribution in [0, 0.1) is 52.3 Å². The summed E-state index contributed by atoms with van der Waals surface area (Å²) in [6, 6.07) is 0. The van der Waals surface area contributed by atoms with Crippen LogP contribution in [0.3, 0.4) is 0 Å². The minimum absolute atomic E-state index is 0.00635. The lowest BCUT2D eigenvalue weighted by atomic mass is 9.47. The summed E-state index contributed by atoms with van der Waals surface area (Å²) in [4.78, 5) is 38.5. The molecule has 3 saturated carbocycles. The molecule has 0 spiro atoms. The van der Waals surface area contributed by atoms with E-state index in [-0.39, 0.29) is 42.3 Å². The Morgan fingerprint density at radius 3 is 2.43 bits per heavy atom. The maximum absolute atomic E-state index is 12.8. The van der Waals surface area contributed by atoms with E-state index in [2.05, 4.69) is 40.7 Å². The smallest absolute Gasteiger partial charge is 0.306 e. The van der Waals surface area contributed by atoms with E-state index in [9.17, 15) is 19.5 Å². The number of unbranched alkanes of at least 4 members (excludes halogenated alkanes) is 3. The van der Waals surface area contributed by atoms with Crippen molar-refractivity contribution in [2.75, 3.05) is 19.7 Å². The molecule has 0 bridgehead atoms. The molecule has 4 fully saturated rings. The summed E-state index contributed by atoms with van der Waals surface area (Å²) < 4.78 is 6.04. The first-order valence-corrected chi connectivity index (χ1v) is 19.3. The first-order valence-electron chi connectivity index (χ1n) is 19.3. The highest BCUT2D eigenvalue weighted by atomic mass is 16.5. The quantitative estimate of drug-likeness (QED) is 0.117. The molecule has 9 atom stereocenters. The Morgan fingerprint density at radius 1 is 0.957 bits per heavy atom. The molecular weight excluding hydrogens is 574 g/mol. The van der Waals surface area contributed by atoms with E-state index in [1.807, 2.05) is 0 Å². The number of carbonyl (C=O) groups is 3. The highest BCUT2D eigenvalue weighted by Crippen LogP contribution is 2.67. The van der Waals surface area contributed by atoms with Crippen molar-refractivity contribution < 1.29 is 24.2 Å². The lowest BCUT2D eigenvalue weighted by Crippen LogP contribution is -2.51. The minimum Gasteiger partial charge on any atom is -0.462 e. The maximum atomic E-state index is 12.8. The third kappa shape index (κ3) is 7.62. The van der Waals surface area contributed by atoms with Crippen molar-refractivity contribution in [1.82, 2.24) is 4.90 Å². The molecule has 6 heteroatoms. The second-order valence-electron chi connectivity index (χ2n) is 17.2. The van der Waals surface area contributed by atoms with Gasteiger partial charge < -0.3 is 14.7 Å². The lowest BCUT2D eigenvalue weighted by Gasteiger charge is -2.58. The largest absolute Gasteiger partial charge is 0.462 e. The van der Waals surface area contributed by atoms with Gasteiger partial charge in [-0.25, -0.2) is 0 Å². The third-order valence-corrected chi connectivity index (χ3v) is 13.9. The summed E-state index contributed by atoms with van der Waals surface area (Å²) in [5.74, 6) is 4.49. The number of rotatable bonds is 14. The molecule has 1 N–H and O–H groups in total. The molecule has 0 radical (unpaired) electrons. The average Bonchev–Trinajstić information content (AvgIpc) is 3.58. The zero-order valence-corrected chi connectivity index (χ0v) is 29.9. The molecule has 4 aliphatic carbocycles. The Labute approximate surface area is 279 Å². The van der Waals surface area contributed by atoms with Gasteiger partial charge in [0.05, 0.1) is 19.1 Å². The molecule has 6 nitrogen and oxygen atoms in total. The van der Waals surface area contributed by atoms with Crippen LogP contribution in [0.5, 0.6) is 0 Å². The number of allylic oxidation sites excluding steroid dienone is 1. The van der Waals surface area contributed by atoms with Crippen molar-refractivity contribution in [3.8, 4) is 0 Å². The van der Waals surface area contributed by atoms with E-state index in [4.69, 9.17) is 4.74 Å². The number of nitrogens with zero attached hydrogens (tertiary/aromatic N) is 1. The summed E-state index contributed by atoms with van der Waals surface area (Å²) in [5.41, 5.74) is 2.36. The fourth-order valence-corrected chi connectivity index (χ4v) is 11.2. The topological polar surface area (TPSA) is 83.9 Å². The fraction of sp³-hybridized carbons (Fsp3) is 0.875. The highest BCUT2D eigenvalue weighted by molar-refractivity contribution is 5.91. The van der Waals surface area contributed by atoms with Crippen LogP contribution in [0.25, 0.3) is 0 Å². The zero-order chi connectivity index (χ0) is 33.1. The number of hydrogen-bond donors (Lipinski definition) is 1. The van der Waals surface area contributed by atoms with Gasteiger partial charge in [-0.15, -0.1) is 0 Å². The third-order valence-electron chi connectivity index (χ3n) is 13.9. The molecule has 260 valence electrons. The second-order valence-corrected chi connectivity index (χ2v) is 17.2. The van der Waals surface area contributed by atoms with Crippen LogP contribution in [-0.2, 0) is 19.1 Å². The number of carbonyl (C=O) groups excluding carboxylic acids is 3. The predicted molar refractivity (Wildman–Crippen MR) is 183 cm³/mol. The van der Waals surface area contributed by atoms with E-state index in [1.54, 1.807) is 10.5 Å². The van der Waals surface area contributed by atoms with Gasteiger partial charge in [0.25, 0.3) is 0 Å². The Hall–Kier alpha value is -1.69. The second kappa shape index (κ2) is 15.2. The predicted octanol–water partition coefficient (Wildman–Crippen LogP) is 8.30. The molecule has 1 amide bonds. The van der Waals surface area contributed by atoms with Gasteiger partial charge in [-0.3, -0.25) is 14.4 Å². The Morgan fingerprint density at radius 2 is 1.72 bits per heavy atom. The van der Waals surface area contributed by atoms with Crippen molar-refractivity contribution in [3.05, 3.63) is 11.6 Å². The van der Waals surface area contributed by atoms with Crippen LogP contribution in [0.2, 0.25) is 0 Å². The molecule has 1 heterocycles. The van der Waals surface area contributed by atoms with Gasteiger partial charge >= 0.3 is 5.97 Å². The van der Waals surface area contributed by atoms with Crippen LogP contribution < -0.4 is 0 Å². The number of ether oxygens (including phenoxy) is 1. The summed E-state index contributed by atoms with van der Waals surface area (Å²) in [6.45, 7) is 12.8. The first kappa shape index (κ1) is 35.6. The lowest BCUT2D eigenvalue weighted by molar-refractivity contribution is -0.151. The van der Waals surface area contributed by atoms with E-state index < -0.39 is 5.92 Å². The number of amides is 1. The van der Waals surface area contributed by atoms with Gasteiger partial charge in [-0.05, 0) is 104 Å². The van der Waals surface area contributed by atoms with Gasteiger partial charge in [0, 0.05) is 25.8 Å². The van der Waals surface area contributed by atoms with Crippen molar-refractivity contribution >= 4 is 17.7 Å². The molecule has 0 aromatic carbocycles. The molecule has 1 saturated heterocycles. The van der Waals surface area contributed by atoms with Crippen molar-refractivity contribution in [3.63, 3.8) is 0 Å². The number of likely N-dealkylation sites (tertiary alicyclic amines) is 1. The molecule has 5 rings (SSSR count). The number of hydrogen-bond acceptors (Lipinski definition) is 5. The van der Waals surface area contributed by atoms with Crippen molar-refractivity contribution in [2.45, 2.75) is 150 Å². The standard InChI is InChI=1S/C40H65NO5/c1-27(2)11-10-12-28(3)33-17-18-34-32-16-15-30-23-31(19-21-39(30,4)35(32)20-22-40(33,34)5)46-38(45)14-9-7-6-8-13-37(44)41-24-29(26-42)36(43)25-41/h15,27-29,31-35,42H,6-14,16-26H2,1-5H3/t28?,29?,31-,32?,33+,34?,35?,39-,40+/m0/s1. The number of ketones is 1. The molecule has 5 aliphatic rings. The molecule has 0 aromatic heterocycles. The van der Waals surface area contributed by atoms with Gasteiger partial charge in [0.2, 0.25) is 5.91 Å². The first-order chi connectivity index (χ1) is 22.0. The Balaban J connectivity index is 1.04. The van der Waals surface area contributed by atoms with Crippen molar-refractivity contribution in [2.24, 2.45) is 52.3 Å². The monoisotopic (exact) mass is 639 g/mol. The van der Waals surface area contributed by atoms with E-state index in [0.717, 1.165) is 80.5 Å². The van der Waals surface area contributed by atoms with E-state index in [1.165, 1.54) is 51.4 Å². The maximum Gasteiger partial charge on any atom is 0.306 e. The zero-order valence-electron chi connectivity index (χ0n) is 29.9. The van der Waals surface area contributed by atoms with Gasteiger partial charge in [-0.1, -0.05) is 78.4 Å². The normalized spacial score (nSPS) is 36.2. The van der Waals surface area contributed by atoms with E-state index >= 15 is 0 Å². The number of Topliss-reactive ketones (excluding diaryl/α,β-unsaturated/α-hetero) is 1. The summed E-state index contributed by atoms with van der Waals surface area (Å²) in [6.07, 6.45) is 20.9. The summed E-state index contributed by atoms with van der Waals surface area (Å²) >= 11 is 0. The van der Waals surface area contributed by atoms with Crippen LogP contribution >= 0.6 is 0 Å². The van der Waals surface area contributed by atoms with Crippen LogP contribution in [0.15, 0.2) is 11.6 Å². The summed E-state index contributed by atoms with van der Waals surface area (Å²) in [7, 11) is 0. The van der Waals surface area contributed by atoms with Crippen LogP contribution in [-0.4, -0.2) is 53.5 Å². The van der Waals surface area contributed by atoms with Crippen LogP contribution in [0.4, 0.5) is 0 Å². The Bertz CT molecular complexity index is 1110. The Kier molecular flexibility index (Phi) is 11.8. The summed E-state index contributed by atoms with van der Waals surface area (Å²) in [5, 5.41) is 9.25. The SMILES string of the molecule is CC(C)CCCC(C)[C@H]1CCC2C3CC=C4C[C@@H](OC(=O)CCCCCCC(=O)N5CC(=O)C(CO)C5)CC[C@]4(C)C3CC[C@@]21C. The molecule has 46 heavy (non-hydrogen) atoms. The van der Waals surface area contributed by atoms with Gasteiger partial charge in [0.15, 0.2) is 5.78 Å². The average molecular weight is 640 g/mol. The minimum atomic E-state index is -0.416. The van der Waals surface area contributed by atoms with Gasteiger partial charge in [-0.2, -0.15) is 0 Å². The molecule has 5 unspecified atom stereocenters.